The first kappa shape index (κ1) is 14.7. The molecule has 0 N–H and O–H groups in total. The van der Waals surface area contributed by atoms with E-state index >= 15 is 0 Å². The van der Waals surface area contributed by atoms with Gasteiger partial charge in [0.1, 0.15) is 22.5 Å². The van der Waals surface area contributed by atoms with Crippen molar-refractivity contribution in [1.29, 1.82) is 0 Å². The van der Waals surface area contributed by atoms with Crippen molar-refractivity contribution in [1.82, 2.24) is 9.97 Å². The van der Waals surface area contributed by atoms with Gasteiger partial charge in [-0.05, 0) is 30.3 Å². The fourth-order valence-corrected chi connectivity index (χ4v) is 2.77. The molecule has 1 aromatic heterocycles. The summed E-state index contributed by atoms with van der Waals surface area (Å²) in [6.45, 7) is 0. The number of benzene rings is 3. The summed E-state index contributed by atoms with van der Waals surface area (Å²) in [6.07, 6.45) is 0. The number of halogens is 1. The molecule has 0 unspecified atom stereocenters. The van der Waals surface area contributed by atoms with Gasteiger partial charge in [0.2, 0.25) is 0 Å². The Morgan fingerprint density at radius 1 is 0.792 bits per heavy atom. The average Bonchev–Trinajstić information content (AvgIpc) is 2.61. The summed E-state index contributed by atoms with van der Waals surface area (Å²) in [5.41, 5.74) is 2.75. The highest BCUT2D eigenvalue weighted by molar-refractivity contribution is 6.31. The van der Waals surface area contributed by atoms with E-state index < -0.39 is 0 Å². The van der Waals surface area contributed by atoms with Gasteiger partial charge in [0.05, 0.1) is 18.1 Å². The molecule has 118 valence electrons. The van der Waals surface area contributed by atoms with Gasteiger partial charge in [0, 0.05) is 11.1 Å². The molecule has 0 radical (unpaired) electrons. The second-order valence-corrected chi connectivity index (χ2v) is 5.67. The third-order valence-corrected chi connectivity index (χ3v) is 3.87. The lowest BCUT2D eigenvalue weighted by molar-refractivity contribution is 0.419. The molecule has 0 aliphatic rings. The van der Waals surface area contributed by atoms with Gasteiger partial charge in [-0.2, -0.15) is 0 Å². The van der Waals surface area contributed by atoms with Gasteiger partial charge in [0.15, 0.2) is 5.75 Å². The van der Waals surface area contributed by atoms with Gasteiger partial charge >= 0.3 is 0 Å². The maximum atomic E-state index is 6.14. The first-order valence-corrected chi connectivity index (χ1v) is 7.79. The van der Waals surface area contributed by atoms with E-state index in [1.807, 2.05) is 48.5 Å². The lowest BCUT2D eigenvalue weighted by Crippen LogP contribution is -1.94. The van der Waals surface area contributed by atoms with Crippen LogP contribution in [0.5, 0.6) is 17.2 Å². The molecule has 1 heterocycles. The van der Waals surface area contributed by atoms with Crippen molar-refractivity contribution in [2.45, 2.75) is 0 Å². The molecule has 5 heteroatoms. The predicted molar refractivity (Wildman–Crippen MR) is 95.1 cm³/mol. The van der Waals surface area contributed by atoms with Crippen LogP contribution in [0.3, 0.4) is 0 Å². The van der Waals surface area contributed by atoms with Gasteiger partial charge in [-0.1, -0.05) is 35.9 Å². The lowest BCUT2D eigenvalue weighted by atomic mass is 10.2. The predicted octanol–water partition coefficient (Wildman–Crippen LogP) is 5.24. The van der Waals surface area contributed by atoms with E-state index in [0.29, 0.717) is 33.1 Å². The normalized spacial score (nSPS) is 10.9. The number of ether oxygens (including phenoxy) is 2. The molecular weight excluding hydrogens is 324 g/mol. The summed E-state index contributed by atoms with van der Waals surface area (Å²) in [4.78, 5) is 9.36. The smallest absolute Gasteiger partial charge is 0.155 e. The second-order valence-electron chi connectivity index (χ2n) is 5.24. The number of methoxy groups -OCH3 is 1. The number of hydrogen-bond acceptors (Lipinski definition) is 4. The molecular formula is C19H13ClN2O2. The van der Waals surface area contributed by atoms with Crippen LogP contribution in [0.1, 0.15) is 0 Å². The number of rotatable bonds is 3. The van der Waals surface area contributed by atoms with Crippen LogP contribution in [0.2, 0.25) is 5.02 Å². The molecule has 0 bridgehead atoms. The molecule has 0 fully saturated rings. The van der Waals surface area contributed by atoms with Crippen LogP contribution in [-0.4, -0.2) is 17.1 Å². The molecule has 0 spiro atoms. The van der Waals surface area contributed by atoms with E-state index in [1.165, 1.54) is 0 Å². The van der Waals surface area contributed by atoms with Crippen molar-refractivity contribution in [2.24, 2.45) is 0 Å². The molecule has 0 amide bonds. The van der Waals surface area contributed by atoms with Crippen molar-refractivity contribution < 1.29 is 9.47 Å². The van der Waals surface area contributed by atoms with E-state index in [2.05, 4.69) is 4.98 Å². The highest BCUT2D eigenvalue weighted by atomic mass is 35.5. The molecule has 0 aliphatic heterocycles. The van der Waals surface area contributed by atoms with Crippen molar-refractivity contribution in [3.63, 3.8) is 0 Å². The summed E-state index contributed by atoms with van der Waals surface area (Å²) in [5.74, 6) is 1.99. The zero-order chi connectivity index (χ0) is 16.5. The van der Waals surface area contributed by atoms with E-state index in [1.54, 1.807) is 19.2 Å². The van der Waals surface area contributed by atoms with Crippen LogP contribution < -0.4 is 9.47 Å². The number of fused-ring (bicyclic) bond motifs is 2. The van der Waals surface area contributed by atoms with E-state index in [0.717, 1.165) is 11.3 Å². The fourth-order valence-electron chi connectivity index (χ4n) is 2.57. The summed E-state index contributed by atoms with van der Waals surface area (Å²) in [6, 6.07) is 18.7. The molecule has 0 saturated heterocycles. The number of para-hydroxylation sites is 2. The Balaban J connectivity index is 1.93. The summed E-state index contributed by atoms with van der Waals surface area (Å²) >= 11 is 6.14. The molecule has 24 heavy (non-hydrogen) atoms. The first-order valence-electron chi connectivity index (χ1n) is 7.41. The van der Waals surface area contributed by atoms with Crippen molar-refractivity contribution in [2.75, 3.05) is 7.11 Å². The van der Waals surface area contributed by atoms with Crippen LogP contribution in [0.4, 0.5) is 0 Å². The topological polar surface area (TPSA) is 44.2 Å². The van der Waals surface area contributed by atoms with Gasteiger partial charge in [-0.15, -0.1) is 0 Å². The lowest BCUT2D eigenvalue weighted by Gasteiger charge is -2.10. The second kappa shape index (κ2) is 5.98. The van der Waals surface area contributed by atoms with Crippen LogP contribution in [0, 0.1) is 0 Å². The van der Waals surface area contributed by atoms with E-state index in [-0.39, 0.29) is 0 Å². The molecule has 4 aromatic rings. The standard InChI is InChI=1S/C19H13ClN2O2/c1-23-17-11-12(20)10-15-19(17)21-14-8-5-9-16(18(14)22-15)24-13-6-3-2-4-7-13/h2-11H,1H3. The van der Waals surface area contributed by atoms with Crippen LogP contribution in [0.25, 0.3) is 22.1 Å². The zero-order valence-corrected chi connectivity index (χ0v) is 13.6. The number of nitrogens with zero attached hydrogens (tertiary/aromatic N) is 2. The van der Waals surface area contributed by atoms with Gasteiger partial charge in [0.25, 0.3) is 0 Å². The molecule has 4 rings (SSSR count). The molecule has 0 saturated carbocycles. The minimum atomic E-state index is 0.550. The Morgan fingerprint density at radius 2 is 1.54 bits per heavy atom. The highest BCUT2D eigenvalue weighted by Crippen LogP contribution is 2.33. The molecule has 0 atom stereocenters. The SMILES string of the molecule is COc1cc(Cl)cc2nc3c(Oc4ccccc4)cccc3nc12. The van der Waals surface area contributed by atoms with Crippen LogP contribution in [-0.2, 0) is 0 Å². The van der Waals surface area contributed by atoms with Gasteiger partial charge in [-0.3, -0.25) is 0 Å². The first-order chi connectivity index (χ1) is 11.7. The Labute approximate surface area is 143 Å². The van der Waals surface area contributed by atoms with Crippen molar-refractivity contribution >= 4 is 33.7 Å². The number of aromatic nitrogens is 2. The minimum absolute atomic E-state index is 0.550. The largest absolute Gasteiger partial charge is 0.494 e. The van der Waals surface area contributed by atoms with Gasteiger partial charge < -0.3 is 9.47 Å². The Bertz CT molecular complexity index is 1040. The minimum Gasteiger partial charge on any atom is -0.494 e. The van der Waals surface area contributed by atoms with Crippen LogP contribution >= 0.6 is 11.6 Å². The van der Waals surface area contributed by atoms with Gasteiger partial charge in [-0.25, -0.2) is 9.97 Å². The van der Waals surface area contributed by atoms with Crippen molar-refractivity contribution in [3.8, 4) is 17.2 Å². The number of hydrogen-bond donors (Lipinski definition) is 0. The summed E-state index contributed by atoms with van der Waals surface area (Å²) in [5, 5.41) is 0.550. The Kier molecular flexibility index (Phi) is 3.67. The maximum Gasteiger partial charge on any atom is 0.155 e. The van der Waals surface area contributed by atoms with Crippen molar-refractivity contribution in [3.05, 3.63) is 65.7 Å². The average molecular weight is 337 g/mol. The van der Waals surface area contributed by atoms with E-state index in [4.69, 9.17) is 26.1 Å². The van der Waals surface area contributed by atoms with E-state index in [9.17, 15) is 0 Å². The summed E-state index contributed by atoms with van der Waals surface area (Å²) in [7, 11) is 1.59. The fraction of sp³-hybridized carbons (Fsp3) is 0.0526. The molecule has 0 aliphatic carbocycles. The van der Waals surface area contributed by atoms with Crippen LogP contribution in [0.15, 0.2) is 60.7 Å². The zero-order valence-electron chi connectivity index (χ0n) is 12.9. The highest BCUT2D eigenvalue weighted by Gasteiger charge is 2.12. The molecule has 3 aromatic carbocycles. The maximum absolute atomic E-state index is 6.14. The quantitative estimate of drug-likeness (QED) is 0.480. The Morgan fingerprint density at radius 3 is 2.33 bits per heavy atom. The third kappa shape index (κ3) is 2.61. The third-order valence-electron chi connectivity index (χ3n) is 3.65. The monoisotopic (exact) mass is 336 g/mol. The molecule has 4 nitrogen and oxygen atoms in total. The Hall–Kier alpha value is -2.85. The summed E-state index contributed by atoms with van der Waals surface area (Å²) < 4.78 is 11.3.